The number of thiophene rings is 1. The van der Waals surface area contributed by atoms with Gasteiger partial charge in [-0.3, -0.25) is 13.9 Å². The Morgan fingerprint density at radius 2 is 1.92 bits per heavy atom. The van der Waals surface area contributed by atoms with Crippen molar-refractivity contribution in [2.24, 2.45) is 7.05 Å². The number of benzene rings is 1. The highest BCUT2D eigenvalue weighted by molar-refractivity contribution is 7.19. The molecule has 0 radical (unpaired) electrons. The van der Waals surface area contributed by atoms with E-state index >= 15 is 0 Å². The summed E-state index contributed by atoms with van der Waals surface area (Å²) in [5.74, 6) is -0.324. The van der Waals surface area contributed by atoms with Crippen LogP contribution in [0, 0.1) is 5.82 Å². The molecule has 0 unspecified atom stereocenters. The summed E-state index contributed by atoms with van der Waals surface area (Å²) in [4.78, 5) is 26.5. The number of fused-ring (bicyclic) bond motifs is 3. The van der Waals surface area contributed by atoms with Gasteiger partial charge in [0, 0.05) is 23.9 Å². The van der Waals surface area contributed by atoms with Crippen molar-refractivity contribution in [2.75, 3.05) is 0 Å². The number of aromatic nitrogens is 2. The van der Waals surface area contributed by atoms with E-state index in [0.29, 0.717) is 23.2 Å². The summed E-state index contributed by atoms with van der Waals surface area (Å²) in [6.45, 7) is 4.68. The molecule has 0 fully saturated rings. The summed E-state index contributed by atoms with van der Waals surface area (Å²) < 4.78 is 22.4. The molecule has 4 rings (SSSR count). The smallest absolute Gasteiger partial charge is 0.331 e. The van der Waals surface area contributed by atoms with Crippen LogP contribution in [0.25, 0.3) is 10.2 Å². The minimum absolute atomic E-state index is 0.274. The van der Waals surface area contributed by atoms with E-state index in [2.05, 4.69) is 0 Å². The number of ether oxygens (including phenoxy) is 1. The Kier molecular flexibility index (Phi) is 3.89. The number of hydrogen-bond donors (Lipinski definition) is 0. The van der Waals surface area contributed by atoms with Crippen molar-refractivity contribution in [1.82, 2.24) is 9.13 Å². The lowest BCUT2D eigenvalue weighted by atomic mass is 9.98. The molecule has 0 spiro atoms. The molecule has 0 saturated heterocycles. The van der Waals surface area contributed by atoms with E-state index in [9.17, 15) is 14.0 Å². The normalized spacial score (nSPS) is 16.0. The summed E-state index contributed by atoms with van der Waals surface area (Å²) in [7, 11) is 1.49. The molecule has 136 valence electrons. The van der Waals surface area contributed by atoms with Gasteiger partial charge in [-0.25, -0.2) is 9.18 Å². The molecule has 2 aromatic heterocycles. The highest BCUT2D eigenvalue weighted by Crippen LogP contribution is 2.37. The van der Waals surface area contributed by atoms with Crippen LogP contribution in [0.3, 0.4) is 0 Å². The van der Waals surface area contributed by atoms with E-state index in [1.54, 1.807) is 16.7 Å². The average Bonchev–Trinajstić information content (AvgIpc) is 2.95. The first-order chi connectivity index (χ1) is 12.3. The molecule has 0 N–H and O–H groups in total. The third kappa shape index (κ3) is 2.71. The van der Waals surface area contributed by atoms with Gasteiger partial charge in [0.2, 0.25) is 0 Å². The number of halogens is 1. The Balaban J connectivity index is 1.97. The average molecular weight is 374 g/mol. The minimum Gasteiger partial charge on any atom is -0.370 e. The maximum atomic E-state index is 13.2. The molecule has 1 aromatic carbocycles. The summed E-state index contributed by atoms with van der Waals surface area (Å²) in [5.41, 5.74) is 1.42. The zero-order valence-electron chi connectivity index (χ0n) is 14.8. The molecule has 5 nitrogen and oxygen atoms in total. The lowest BCUT2D eigenvalue weighted by Gasteiger charge is -2.30. The van der Waals surface area contributed by atoms with Crippen molar-refractivity contribution in [3.8, 4) is 0 Å². The second kappa shape index (κ2) is 5.89. The van der Waals surface area contributed by atoms with Crippen LogP contribution in [0.2, 0.25) is 0 Å². The molecule has 0 saturated carbocycles. The monoisotopic (exact) mass is 374 g/mol. The van der Waals surface area contributed by atoms with E-state index in [4.69, 9.17) is 4.74 Å². The molecule has 1 aliphatic heterocycles. The van der Waals surface area contributed by atoms with Crippen molar-refractivity contribution in [1.29, 1.82) is 0 Å². The van der Waals surface area contributed by atoms with Gasteiger partial charge in [0.05, 0.1) is 24.3 Å². The van der Waals surface area contributed by atoms with Gasteiger partial charge >= 0.3 is 5.69 Å². The number of rotatable bonds is 2. The Morgan fingerprint density at radius 3 is 2.62 bits per heavy atom. The van der Waals surface area contributed by atoms with Crippen molar-refractivity contribution in [2.45, 2.75) is 39.0 Å². The fourth-order valence-electron chi connectivity index (χ4n) is 3.36. The van der Waals surface area contributed by atoms with Crippen molar-refractivity contribution < 1.29 is 9.13 Å². The number of hydrogen-bond acceptors (Lipinski definition) is 4. The van der Waals surface area contributed by atoms with Crippen molar-refractivity contribution in [3.63, 3.8) is 0 Å². The maximum absolute atomic E-state index is 13.2. The van der Waals surface area contributed by atoms with Gasteiger partial charge < -0.3 is 4.74 Å². The van der Waals surface area contributed by atoms with Gasteiger partial charge in [-0.2, -0.15) is 0 Å². The predicted octanol–water partition coefficient (Wildman–Crippen LogP) is 2.80. The first-order valence-electron chi connectivity index (χ1n) is 8.39. The van der Waals surface area contributed by atoms with E-state index < -0.39 is 0 Å². The van der Waals surface area contributed by atoms with Gasteiger partial charge in [0.15, 0.2) is 0 Å². The fraction of sp³-hybridized carbons (Fsp3) is 0.368. The van der Waals surface area contributed by atoms with E-state index in [1.165, 1.54) is 30.5 Å². The van der Waals surface area contributed by atoms with E-state index in [0.717, 1.165) is 20.6 Å². The van der Waals surface area contributed by atoms with Gasteiger partial charge in [0.25, 0.3) is 5.56 Å². The molecule has 26 heavy (non-hydrogen) atoms. The lowest BCUT2D eigenvalue weighted by molar-refractivity contribution is -0.0384. The highest BCUT2D eigenvalue weighted by atomic mass is 32.1. The first kappa shape index (κ1) is 17.2. The van der Waals surface area contributed by atoms with Crippen LogP contribution >= 0.6 is 11.3 Å². The largest absolute Gasteiger partial charge is 0.370 e. The SMILES string of the molecule is Cn1c(=O)c2sc3c(c2n(Cc2ccc(F)cc2)c1=O)COC(C)(C)C3. The molecule has 0 atom stereocenters. The van der Waals surface area contributed by atoms with Crippen molar-refractivity contribution in [3.05, 3.63) is 66.9 Å². The molecule has 1 aliphatic rings. The second-order valence-electron chi connectivity index (χ2n) is 7.27. The Morgan fingerprint density at radius 1 is 1.23 bits per heavy atom. The molecular formula is C19H19FN2O3S. The van der Waals surface area contributed by atoms with Gasteiger partial charge in [-0.05, 0) is 31.5 Å². The summed E-state index contributed by atoms with van der Waals surface area (Å²) in [6, 6.07) is 6.04. The molecule has 3 aromatic rings. The van der Waals surface area contributed by atoms with Crippen LogP contribution in [0.15, 0.2) is 33.9 Å². The Hall–Kier alpha value is -2.25. The van der Waals surface area contributed by atoms with Crippen LogP contribution < -0.4 is 11.2 Å². The maximum Gasteiger partial charge on any atom is 0.331 e. The number of nitrogens with zero attached hydrogens (tertiary/aromatic N) is 2. The van der Waals surface area contributed by atoms with Crippen LogP contribution in [0.5, 0.6) is 0 Å². The van der Waals surface area contributed by atoms with Gasteiger partial charge in [-0.1, -0.05) is 12.1 Å². The summed E-state index contributed by atoms with van der Waals surface area (Å²) in [5, 5.41) is 0. The lowest BCUT2D eigenvalue weighted by Crippen LogP contribution is -2.38. The molecule has 0 amide bonds. The van der Waals surface area contributed by atoms with E-state index in [1.807, 2.05) is 13.8 Å². The standard InChI is InChI=1S/C19H19FN2O3S/c1-19(2)8-14-13(10-25-19)15-16(26-14)17(23)21(3)18(24)22(15)9-11-4-6-12(20)7-5-11/h4-7H,8-10H2,1-3H3. The Bertz CT molecular complexity index is 1120. The third-order valence-electron chi connectivity index (χ3n) is 4.80. The van der Waals surface area contributed by atoms with Crippen LogP contribution in [0.1, 0.15) is 29.9 Å². The predicted molar refractivity (Wildman–Crippen MR) is 99.4 cm³/mol. The topological polar surface area (TPSA) is 53.2 Å². The minimum atomic E-state index is -0.378. The first-order valence-corrected chi connectivity index (χ1v) is 9.21. The molecule has 7 heteroatoms. The van der Waals surface area contributed by atoms with Crippen LogP contribution in [-0.2, 0) is 31.4 Å². The zero-order chi connectivity index (χ0) is 18.6. The fourth-order valence-corrected chi connectivity index (χ4v) is 4.86. The van der Waals surface area contributed by atoms with Crippen LogP contribution in [-0.4, -0.2) is 14.7 Å². The summed E-state index contributed by atoms with van der Waals surface area (Å²) >= 11 is 1.45. The zero-order valence-corrected chi connectivity index (χ0v) is 15.7. The molecule has 0 bridgehead atoms. The van der Waals surface area contributed by atoms with Gasteiger partial charge in [-0.15, -0.1) is 11.3 Å². The van der Waals surface area contributed by atoms with Crippen LogP contribution in [0.4, 0.5) is 4.39 Å². The third-order valence-corrected chi connectivity index (χ3v) is 6.01. The molecule has 0 aliphatic carbocycles. The second-order valence-corrected chi connectivity index (χ2v) is 8.37. The summed E-state index contributed by atoms with van der Waals surface area (Å²) in [6.07, 6.45) is 0.704. The highest BCUT2D eigenvalue weighted by Gasteiger charge is 2.31. The van der Waals surface area contributed by atoms with E-state index in [-0.39, 0.29) is 29.2 Å². The quantitative estimate of drug-likeness (QED) is 0.693. The Labute approximate surface area is 153 Å². The molecular weight excluding hydrogens is 355 g/mol. The van der Waals surface area contributed by atoms with Gasteiger partial charge in [0.1, 0.15) is 10.5 Å². The van der Waals surface area contributed by atoms with Crippen molar-refractivity contribution >= 4 is 21.6 Å². The molecule has 3 heterocycles.